The zero-order chi connectivity index (χ0) is 17.1. The minimum Gasteiger partial charge on any atom is -0.494 e. The van der Waals surface area contributed by atoms with Crippen LogP contribution in [0.5, 0.6) is 11.8 Å². The minimum atomic E-state index is 0.178. The van der Waals surface area contributed by atoms with Gasteiger partial charge in [-0.05, 0) is 42.0 Å². The second kappa shape index (κ2) is 7.11. The number of aromatic nitrogens is 3. The van der Waals surface area contributed by atoms with Crippen LogP contribution in [-0.2, 0) is 6.54 Å². The summed E-state index contributed by atoms with van der Waals surface area (Å²) in [5.41, 5.74) is 2.54. The molecule has 1 aliphatic rings. The number of rotatable bonds is 5. The molecule has 0 amide bonds. The number of methoxy groups -OCH3 is 1. The van der Waals surface area contributed by atoms with Crippen molar-refractivity contribution in [2.45, 2.75) is 25.5 Å². The maximum absolute atomic E-state index is 5.89. The standard InChI is InChI=1S/C19H22N4O2/c1-24-17-11-21-19(22-12-17)25-16-5-8-23(9-6-16)13-14-2-3-18-15(10-14)4-7-20-18/h2-4,7,10-12,16,20H,5-6,8-9,13H2,1H3. The molecule has 6 nitrogen and oxygen atoms in total. The van der Waals surface area contributed by atoms with E-state index < -0.39 is 0 Å². The average molecular weight is 338 g/mol. The SMILES string of the molecule is COc1cnc(OC2CCN(Cc3ccc4[nH]ccc4c3)CC2)nc1. The molecule has 0 unspecified atom stereocenters. The van der Waals surface area contributed by atoms with E-state index in [2.05, 4.69) is 44.1 Å². The Labute approximate surface area is 146 Å². The van der Waals surface area contributed by atoms with Gasteiger partial charge in [-0.3, -0.25) is 4.90 Å². The van der Waals surface area contributed by atoms with Crippen LogP contribution in [0.3, 0.4) is 0 Å². The van der Waals surface area contributed by atoms with Crippen molar-refractivity contribution in [2.24, 2.45) is 0 Å². The van der Waals surface area contributed by atoms with E-state index in [-0.39, 0.29) is 6.10 Å². The van der Waals surface area contributed by atoms with Gasteiger partial charge in [0.2, 0.25) is 0 Å². The fraction of sp³-hybridized carbons (Fsp3) is 0.368. The van der Waals surface area contributed by atoms with Crippen LogP contribution in [-0.4, -0.2) is 46.2 Å². The molecular formula is C19H22N4O2. The number of benzene rings is 1. The number of H-pyrrole nitrogens is 1. The molecule has 0 saturated carbocycles. The molecule has 0 bridgehead atoms. The Hall–Kier alpha value is -2.60. The van der Waals surface area contributed by atoms with Crippen molar-refractivity contribution in [3.05, 3.63) is 48.4 Å². The van der Waals surface area contributed by atoms with Gasteiger partial charge >= 0.3 is 6.01 Å². The number of aromatic amines is 1. The molecule has 3 heterocycles. The summed E-state index contributed by atoms with van der Waals surface area (Å²) in [6.07, 6.45) is 7.41. The maximum Gasteiger partial charge on any atom is 0.316 e. The molecule has 4 rings (SSSR count). The third-order valence-corrected chi connectivity index (χ3v) is 4.67. The number of nitrogens with one attached hydrogen (secondary N) is 1. The van der Waals surface area contributed by atoms with Gasteiger partial charge in [-0.2, -0.15) is 9.97 Å². The Morgan fingerprint density at radius 3 is 2.72 bits per heavy atom. The smallest absolute Gasteiger partial charge is 0.316 e. The highest BCUT2D eigenvalue weighted by Crippen LogP contribution is 2.20. The molecule has 1 aromatic carbocycles. The number of hydrogen-bond acceptors (Lipinski definition) is 5. The highest BCUT2D eigenvalue weighted by Gasteiger charge is 2.21. The number of piperidine rings is 1. The lowest BCUT2D eigenvalue weighted by Crippen LogP contribution is -2.38. The van der Waals surface area contributed by atoms with E-state index >= 15 is 0 Å². The van der Waals surface area contributed by atoms with Crippen LogP contribution in [0.25, 0.3) is 10.9 Å². The number of likely N-dealkylation sites (tertiary alicyclic amines) is 1. The number of hydrogen-bond donors (Lipinski definition) is 1. The first-order valence-corrected chi connectivity index (χ1v) is 8.61. The fourth-order valence-corrected chi connectivity index (χ4v) is 3.26. The van der Waals surface area contributed by atoms with Crippen LogP contribution < -0.4 is 9.47 Å². The average Bonchev–Trinajstić information content (AvgIpc) is 3.12. The van der Waals surface area contributed by atoms with Gasteiger partial charge in [0.25, 0.3) is 0 Å². The van der Waals surface area contributed by atoms with E-state index in [1.165, 1.54) is 16.5 Å². The molecule has 6 heteroatoms. The quantitative estimate of drug-likeness (QED) is 0.775. The molecule has 0 aliphatic carbocycles. The van der Waals surface area contributed by atoms with Gasteiger partial charge < -0.3 is 14.5 Å². The monoisotopic (exact) mass is 338 g/mol. The van der Waals surface area contributed by atoms with Crippen LogP contribution >= 0.6 is 0 Å². The Kier molecular flexibility index (Phi) is 4.52. The van der Waals surface area contributed by atoms with Crippen molar-refractivity contribution >= 4 is 10.9 Å². The van der Waals surface area contributed by atoms with Gasteiger partial charge in [0.1, 0.15) is 6.10 Å². The summed E-state index contributed by atoms with van der Waals surface area (Å²) < 4.78 is 11.0. The fourth-order valence-electron chi connectivity index (χ4n) is 3.26. The van der Waals surface area contributed by atoms with E-state index in [4.69, 9.17) is 9.47 Å². The second-order valence-corrected chi connectivity index (χ2v) is 6.40. The topological polar surface area (TPSA) is 63.3 Å². The van der Waals surface area contributed by atoms with Crippen LogP contribution in [0, 0.1) is 0 Å². The lowest BCUT2D eigenvalue weighted by atomic mass is 10.1. The lowest BCUT2D eigenvalue weighted by molar-refractivity contribution is 0.0891. The van der Waals surface area contributed by atoms with Crippen molar-refractivity contribution in [1.29, 1.82) is 0 Å². The number of nitrogens with zero attached hydrogens (tertiary/aromatic N) is 3. The number of fused-ring (bicyclic) bond motifs is 1. The Morgan fingerprint density at radius 1 is 1.16 bits per heavy atom. The molecule has 1 aliphatic heterocycles. The second-order valence-electron chi connectivity index (χ2n) is 6.40. The molecule has 0 radical (unpaired) electrons. The Morgan fingerprint density at radius 2 is 1.96 bits per heavy atom. The van der Waals surface area contributed by atoms with Crippen LogP contribution in [0.1, 0.15) is 18.4 Å². The predicted octanol–water partition coefficient (Wildman–Crippen LogP) is 3.01. The molecule has 130 valence electrons. The maximum atomic E-state index is 5.89. The van der Waals surface area contributed by atoms with Crippen molar-refractivity contribution in [1.82, 2.24) is 19.9 Å². The van der Waals surface area contributed by atoms with Crippen molar-refractivity contribution in [3.8, 4) is 11.8 Å². The van der Waals surface area contributed by atoms with Crippen molar-refractivity contribution < 1.29 is 9.47 Å². The summed E-state index contributed by atoms with van der Waals surface area (Å²) in [5, 5.41) is 1.27. The third kappa shape index (κ3) is 3.74. The molecule has 0 atom stereocenters. The first kappa shape index (κ1) is 15.9. The third-order valence-electron chi connectivity index (χ3n) is 4.67. The normalized spacial score (nSPS) is 16.2. The first-order valence-electron chi connectivity index (χ1n) is 8.61. The van der Waals surface area contributed by atoms with Gasteiger partial charge in [0, 0.05) is 31.3 Å². The highest BCUT2D eigenvalue weighted by atomic mass is 16.5. The molecule has 2 aromatic heterocycles. The highest BCUT2D eigenvalue weighted by molar-refractivity contribution is 5.79. The molecular weight excluding hydrogens is 316 g/mol. The van der Waals surface area contributed by atoms with E-state index in [1.54, 1.807) is 19.5 Å². The molecule has 25 heavy (non-hydrogen) atoms. The lowest BCUT2D eigenvalue weighted by Gasteiger charge is -2.31. The molecule has 1 N–H and O–H groups in total. The Balaban J connectivity index is 1.30. The van der Waals surface area contributed by atoms with E-state index in [1.807, 2.05) is 6.20 Å². The van der Waals surface area contributed by atoms with Gasteiger partial charge in [-0.25, -0.2) is 0 Å². The number of ether oxygens (including phenoxy) is 2. The predicted molar refractivity (Wildman–Crippen MR) is 95.8 cm³/mol. The van der Waals surface area contributed by atoms with Crippen LogP contribution in [0.15, 0.2) is 42.9 Å². The van der Waals surface area contributed by atoms with Gasteiger partial charge in [-0.1, -0.05) is 6.07 Å². The summed E-state index contributed by atoms with van der Waals surface area (Å²) in [6.45, 7) is 3.02. The molecule has 1 fully saturated rings. The van der Waals surface area contributed by atoms with E-state index in [0.717, 1.165) is 32.5 Å². The summed E-state index contributed by atoms with van der Waals surface area (Å²) >= 11 is 0. The summed E-state index contributed by atoms with van der Waals surface area (Å²) in [7, 11) is 1.60. The largest absolute Gasteiger partial charge is 0.494 e. The van der Waals surface area contributed by atoms with E-state index in [9.17, 15) is 0 Å². The summed E-state index contributed by atoms with van der Waals surface area (Å²) in [5.74, 6) is 0.640. The van der Waals surface area contributed by atoms with Crippen molar-refractivity contribution in [2.75, 3.05) is 20.2 Å². The molecule has 1 saturated heterocycles. The van der Waals surface area contributed by atoms with Crippen LogP contribution in [0.2, 0.25) is 0 Å². The van der Waals surface area contributed by atoms with E-state index in [0.29, 0.717) is 11.8 Å². The van der Waals surface area contributed by atoms with Crippen LogP contribution in [0.4, 0.5) is 0 Å². The zero-order valence-electron chi connectivity index (χ0n) is 14.3. The summed E-state index contributed by atoms with van der Waals surface area (Å²) in [4.78, 5) is 14.1. The molecule has 0 spiro atoms. The zero-order valence-corrected chi connectivity index (χ0v) is 14.3. The minimum absolute atomic E-state index is 0.178. The summed E-state index contributed by atoms with van der Waals surface area (Å²) in [6, 6.07) is 9.17. The van der Waals surface area contributed by atoms with Gasteiger partial charge in [-0.15, -0.1) is 0 Å². The Bertz CT molecular complexity index is 823. The molecule has 3 aromatic rings. The first-order chi connectivity index (χ1) is 12.3. The van der Waals surface area contributed by atoms with Gasteiger partial charge in [0.05, 0.1) is 19.5 Å². The van der Waals surface area contributed by atoms with Crippen molar-refractivity contribution in [3.63, 3.8) is 0 Å². The van der Waals surface area contributed by atoms with Gasteiger partial charge in [0.15, 0.2) is 5.75 Å².